The fourth-order valence-electron chi connectivity index (χ4n) is 2.99. The molecule has 0 aliphatic carbocycles. The van der Waals surface area contributed by atoms with Gasteiger partial charge in [-0.1, -0.05) is 0 Å². The van der Waals surface area contributed by atoms with Crippen molar-refractivity contribution in [3.63, 3.8) is 0 Å². The molecular formula is C26H24Cl2N8O8. The first-order chi connectivity index (χ1) is 21.1. The molecule has 0 aliphatic rings. The van der Waals surface area contributed by atoms with Gasteiger partial charge >= 0.3 is 17.6 Å². The smallest absolute Gasteiger partial charge is 0.343 e. The number of nitrogens with zero attached hydrogens (tertiary/aromatic N) is 5. The van der Waals surface area contributed by atoms with E-state index in [-0.39, 0.29) is 35.3 Å². The van der Waals surface area contributed by atoms with Crippen LogP contribution in [0.3, 0.4) is 0 Å². The molecule has 2 heterocycles. The minimum atomic E-state index is -0.619. The fraction of sp³-hybridized carbons (Fsp3) is 0.154. The van der Waals surface area contributed by atoms with Gasteiger partial charge in [0.15, 0.2) is 19.0 Å². The predicted octanol–water partition coefficient (Wildman–Crippen LogP) is 4.34. The number of hydrogen-bond donors (Lipinski definition) is 3. The topological polar surface area (TPSA) is 216 Å². The molecule has 230 valence electrons. The standard InChI is InChI=1S/C13H11ClN4O5.C13H13ClN4O3/c1-22-11(19)7-23-9-4-2-8(3-5-9)16-12-10(18(20)21)6-15-13(14)17-12;1-20-11(19)7-21-9-4-2-8(3-5-9)17-12-10(15)6-16-13(14)18-12/h2-6H,7H2,1H3,(H,15,16,17);2-6H,7,15H2,1H3,(H,16,17,18). The fourth-order valence-corrected chi connectivity index (χ4v) is 3.26. The van der Waals surface area contributed by atoms with E-state index in [0.717, 1.165) is 11.9 Å². The van der Waals surface area contributed by atoms with Crippen LogP contribution in [0, 0.1) is 10.1 Å². The Kier molecular flexibility index (Phi) is 12.2. The number of anilines is 5. The van der Waals surface area contributed by atoms with E-state index in [2.05, 4.69) is 40.0 Å². The molecule has 0 atom stereocenters. The maximum atomic E-state index is 11.0. The molecule has 0 spiro atoms. The molecule has 4 rings (SSSR count). The third-order valence-electron chi connectivity index (χ3n) is 5.13. The van der Waals surface area contributed by atoms with Gasteiger partial charge in [0.2, 0.25) is 16.4 Å². The predicted molar refractivity (Wildman–Crippen MR) is 160 cm³/mol. The van der Waals surface area contributed by atoms with Crippen LogP contribution in [0.5, 0.6) is 11.5 Å². The van der Waals surface area contributed by atoms with Crippen LogP contribution in [0.25, 0.3) is 0 Å². The van der Waals surface area contributed by atoms with E-state index in [1.807, 2.05) is 0 Å². The monoisotopic (exact) mass is 646 g/mol. The molecule has 0 fully saturated rings. The summed E-state index contributed by atoms with van der Waals surface area (Å²) in [7, 11) is 2.56. The summed E-state index contributed by atoms with van der Waals surface area (Å²) in [4.78, 5) is 47.4. The summed E-state index contributed by atoms with van der Waals surface area (Å²) in [6, 6.07) is 13.3. The number of nitrogens with one attached hydrogen (secondary N) is 2. The highest BCUT2D eigenvalue weighted by atomic mass is 35.5. The van der Waals surface area contributed by atoms with Crippen LogP contribution in [0.1, 0.15) is 0 Å². The maximum absolute atomic E-state index is 11.0. The van der Waals surface area contributed by atoms with Crippen LogP contribution in [-0.2, 0) is 19.1 Å². The molecule has 16 nitrogen and oxygen atoms in total. The lowest BCUT2D eigenvalue weighted by Gasteiger charge is -2.09. The van der Waals surface area contributed by atoms with Gasteiger partial charge in [0.1, 0.15) is 17.7 Å². The first-order valence-corrected chi connectivity index (χ1v) is 12.9. The van der Waals surface area contributed by atoms with Gasteiger partial charge in [-0.2, -0.15) is 9.97 Å². The van der Waals surface area contributed by atoms with Crippen molar-refractivity contribution in [2.24, 2.45) is 0 Å². The number of nitrogens with two attached hydrogens (primary N) is 1. The molecule has 2 aromatic carbocycles. The van der Waals surface area contributed by atoms with Crippen molar-refractivity contribution < 1.29 is 33.5 Å². The molecule has 4 N–H and O–H groups in total. The first kappa shape index (κ1) is 33.0. The highest BCUT2D eigenvalue weighted by Gasteiger charge is 2.17. The van der Waals surface area contributed by atoms with Crippen molar-refractivity contribution in [3.8, 4) is 11.5 Å². The zero-order chi connectivity index (χ0) is 32.1. The van der Waals surface area contributed by atoms with E-state index < -0.39 is 16.9 Å². The van der Waals surface area contributed by atoms with Crippen LogP contribution in [0.4, 0.5) is 34.4 Å². The number of hydrogen-bond acceptors (Lipinski definition) is 15. The molecule has 0 saturated heterocycles. The Bertz CT molecular complexity index is 1590. The second-order valence-electron chi connectivity index (χ2n) is 8.10. The van der Waals surface area contributed by atoms with Crippen molar-refractivity contribution >= 4 is 69.5 Å². The lowest BCUT2D eigenvalue weighted by Crippen LogP contribution is -2.12. The van der Waals surface area contributed by atoms with E-state index in [9.17, 15) is 19.7 Å². The molecule has 18 heteroatoms. The van der Waals surface area contributed by atoms with Crippen LogP contribution in [-0.4, -0.2) is 64.2 Å². The minimum Gasteiger partial charge on any atom is -0.482 e. The number of esters is 2. The molecular weight excluding hydrogens is 623 g/mol. The van der Waals surface area contributed by atoms with Crippen molar-refractivity contribution in [3.05, 3.63) is 81.6 Å². The Morgan fingerprint density at radius 1 is 0.795 bits per heavy atom. The van der Waals surface area contributed by atoms with Crippen molar-refractivity contribution in [2.45, 2.75) is 0 Å². The quantitative estimate of drug-likeness (QED) is 0.0893. The summed E-state index contributed by atoms with van der Waals surface area (Å²) in [5.41, 5.74) is 7.08. The number of benzene rings is 2. The maximum Gasteiger partial charge on any atom is 0.343 e. The molecule has 44 heavy (non-hydrogen) atoms. The number of ether oxygens (including phenoxy) is 4. The first-order valence-electron chi connectivity index (χ1n) is 12.2. The summed E-state index contributed by atoms with van der Waals surface area (Å²) >= 11 is 11.4. The lowest BCUT2D eigenvalue weighted by molar-refractivity contribution is -0.384. The molecule has 0 aliphatic heterocycles. The summed E-state index contributed by atoms with van der Waals surface area (Å²) in [6.45, 7) is -0.353. The van der Waals surface area contributed by atoms with Gasteiger partial charge in [-0.05, 0) is 71.7 Å². The van der Waals surface area contributed by atoms with Crippen molar-refractivity contribution in [2.75, 3.05) is 43.8 Å². The number of carbonyl (C=O) groups excluding carboxylic acids is 2. The van der Waals surface area contributed by atoms with Crippen LogP contribution < -0.4 is 25.8 Å². The van der Waals surface area contributed by atoms with Gasteiger partial charge in [-0.3, -0.25) is 10.1 Å². The summed E-state index contributed by atoms with van der Waals surface area (Å²) in [5, 5.41) is 16.7. The molecule has 0 unspecified atom stereocenters. The van der Waals surface area contributed by atoms with E-state index in [0.29, 0.717) is 28.7 Å². The third-order valence-corrected chi connectivity index (χ3v) is 5.49. The largest absolute Gasteiger partial charge is 0.482 e. The summed E-state index contributed by atoms with van der Waals surface area (Å²) in [6.07, 6.45) is 2.44. The lowest BCUT2D eigenvalue weighted by atomic mass is 10.3. The second-order valence-corrected chi connectivity index (χ2v) is 8.78. The number of methoxy groups -OCH3 is 2. The number of rotatable bonds is 11. The van der Waals surface area contributed by atoms with Gasteiger partial charge in [0.05, 0.1) is 31.0 Å². The van der Waals surface area contributed by atoms with Gasteiger partial charge in [0.25, 0.3) is 0 Å². The van der Waals surface area contributed by atoms with Crippen LogP contribution in [0.2, 0.25) is 10.6 Å². The van der Waals surface area contributed by atoms with Crippen molar-refractivity contribution in [1.82, 2.24) is 19.9 Å². The van der Waals surface area contributed by atoms with Crippen molar-refractivity contribution in [1.29, 1.82) is 0 Å². The number of nitro groups is 1. The number of halogens is 2. The van der Waals surface area contributed by atoms with E-state index in [1.54, 1.807) is 48.5 Å². The zero-order valence-electron chi connectivity index (χ0n) is 23.0. The molecule has 4 aromatic rings. The Labute approximate surface area is 259 Å². The van der Waals surface area contributed by atoms with E-state index in [1.165, 1.54) is 20.4 Å². The average molecular weight is 647 g/mol. The van der Waals surface area contributed by atoms with Gasteiger partial charge < -0.3 is 35.3 Å². The van der Waals surface area contributed by atoms with E-state index >= 15 is 0 Å². The Balaban J connectivity index is 0.000000241. The minimum absolute atomic E-state index is 0.0294. The number of aromatic nitrogens is 4. The third kappa shape index (κ3) is 10.4. The Morgan fingerprint density at radius 2 is 1.23 bits per heavy atom. The number of nitrogen functional groups attached to an aromatic ring is 1. The number of carbonyl (C=O) groups is 2. The Morgan fingerprint density at radius 3 is 1.68 bits per heavy atom. The molecule has 2 aromatic heterocycles. The molecule has 0 amide bonds. The van der Waals surface area contributed by atoms with Crippen LogP contribution >= 0.6 is 23.2 Å². The van der Waals surface area contributed by atoms with Crippen LogP contribution in [0.15, 0.2) is 60.9 Å². The summed E-state index contributed by atoms with van der Waals surface area (Å²) < 4.78 is 19.4. The summed E-state index contributed by atoms with van der Waals surface area (Å²) in [5.74, 6) is 0.423. The van der Waals surface area contributed by atoms with Gasteiger partial charge in [-0.25, -0.2) is 19.6 Å². The van der Waals surface area contributed by atoms with Gasteiger partial charge in [0, 0.05) is 11.4 Å². The van der Waals surface area contributed by atoms with E-state index in [4.69, 9.17) is 38.4 Å². The molecule has 0 saturated carbocycles. The van der Waals surface area contributed by atoms with Gasteiger partial charge in [-0.15, -0.1) is 0 Å². The molecule has 0 radical (unpaired) electrons. The average Bonchev–Trinajstić information content (AvgIpc) is 3.02. The second kappa shape index (κ2) is 16.2. The Hall–Kier alpha value is -5.48. The molecule has 0 bridgehead atoms. The normalized spacial score (nSPS) is 10.0. The zero-order valence-corrected chi connectivity index (χ0v) is 24.5. The highest BCUT2D eigenvalue weighted by Crippen LogP contribution is 2.27. The highest BCUT2D eigenvalue weighted by molar-refractivity contribution is 6.28. The SMILES string of the molecule is COC(=O)COc1ccc(Nc2nc(Cl)ncc2N)cc1.COC(=O)COc1ccc(Nc2nc(Cl)ncc2[N+](=O)[O-])cc1.